The summed E-state index contributed by atoms with van der Waals surface area (Å²) in [5.74, 6) is -0.0724. The van der Waals surface area contributed by atoms with Crippen LogP contribution < -0.4 is 5.73 Å². The highest BCUT2D eigenvalue weighted by Crippen LogP contribution is 2.04. The van der Waals surface area contributed by atoms with Crippen molar-refractivity contribution >= 4 is 11.7 Å². The second kappa shape index (κ2) is 4.88. The summed E-state index contributed by atoms with van der Waals surface area (Å²) in [6.07, 6.45) is 1.21. The molecule has 11 heavy (non-hydrogen) atoms. The third kappa shape index (κ3) is 7.03. The zero-order valence-corrected chi connectivity index (χ0v) is 7.09. The van der Waals surface area contributed by atoms with E-state index in [4.69, 9.17) is 5.73 Å². The molecule has 3 heteroatoms. The Morgan fingerprint density at radius 2 is 1.91 bits per heavy atom. The minimum atomic E-state index is -0.529. The van der Waals surface area contributed by atoms with Gasteiger partial charge in [0.2, 0.25) is 5.91 Å². The third-order valence-electron chi connectivity index (χ3n) is 1.37. The summed E-state index contributed by atoms with van der Waals surface area (Å²) in [5.41, 5.74) is 4.84. The molecule has 0 aliphatic rings. The summed E-state index contributed by atoms with van der Waals surface area (Å²) in [4.78, 5) is 21.1. The first-order valence-corrected chi connectivity index (χ1v) is 3.82. The maximum atomic E-state index is 10.9. The molecule has 0 rings (SSSR count). The Morgan fingerprint density at radius 3 is 2.27 bits per heavy atom. The van der Waals surface area contributed by atoms with E-state index >= 15 is 0 Å². The number of ketones is 1. The molecule has 0 aromatic rings. The molecule has 0 aliphatic carbocycles. The fourth-order valence-electron chi connectivity index (χ4n) is 0.732. The molecule has 0 saturated heterocycles. The minimum Gasteiger partial charge on any atom is -0.369 e. The third-order valence-corrected chi connectivity index (χ3v) is 1.37. The van der Waals surface area contributed by atoms with Crippen LogP contribution in [-0.2, 0) is 9.59 Å². The number of primary amides is 1. The van der Waals surface area contributed by atoms with Crippen LogP contribution in [0, 0.1) is 5.92 Å². The fourth-order valence-corrected chi connectivity index (χ4v) is 0.732. The second-order valence-corrected chi connectivity index (χ2v) is 3.11. The van der Waals surface area contributed by atoms with E-state index in [2.05, 4.69) is 0 Å². The Hall–Kier alpha value is -0.860. The smallest absolute Gasteiger partial charge is 0.224 e. The Labute approximate surface area is 67.0 Å². The molecular weight excluding hydrogens is 142 g/mol. The highest BCUT2D eigenvalue weighted by molar-refractivity contribution is 5.97. The van der Waals surface area contributed by atoms with Crippen LogP contribution in [0.2, 0.25) is 0 Å². The van der Waals surface area contributed by atoms with Gasteiger partial charge in [-0.15, -0.1) is 0 Å². The Bertz CT molecular complexity index is 152. The van der Waals surface area contributed by atoms with E-state index in [0.717, 1.165) is 6.42 Å². The van der Waals surface area contributed by atoms with Crippen LogP contribution in [0.1, 0.15) is 33.1 Å². The number of carbonyl (C=O) groups excluding carboxylic acids is 2. The summed E-state index contributed by atoms with van der Waals surface area (Å²) in [7, 11) is 0. The van der Waals surface area contributed by atoms with Crippen molar-refractivity contribution in [3.05, 3.63) is 0 Å². The van der Waals surface area contributed by atoms with Gasteiger partial charge in [-0.3, -0.25) is 9.59 Å². The van der Waals surface area contributed by atoms with Crippen molar-refractivity contribution < 1.29 is 9.59 Å². The zero-order valence-electron chi connectivity index (χ0n) is 7.09. The van der Waals surface area contributed by atoms with Crippen molar-refractivity contribution in [3.63, 3.8) is 0 Å². The standard InChI is InChI=1S/C8H15NO2/c1-6(2)3-4-7(10)5-8(9)11/h6H,3-5H2,1-2H3,(H2,9,11). The van der Waals surface area contributed by atoms with Gasteiger partial charge in [0, 0.05) is 6.42 Å². The van der Waals surface area contributed by atoms with E-state index in [9.17, 15) is 9.59 Å². The SMILES string of the molecule is CC(C)CCC(=O)CC(N)=O. The first-order valence-electron chi connectivity index (χ1n) is 3.82. The second-order valence-electron chi connectivity index (χ2n) is 3.11. The molecule has 0 aliphatic heterocycles. The maximum Gasteiger partial charge on any atom is 0.224 e. The van der Waals surface area contributed by atoms with Gasteiger partial charge < -0.3 is 5.73 Å². The van der Waals surface area contributed by atoms with Gasteiger partial charge >= 0.3 is 0 Å². The van der Waals surface area contributed by atoms with Crippen molar-refractivity contribution in [2.24, 2.45) is 11.7 Å². The van der Waals surface area contributed by atoms with E-state index < -0.39 is 5.91 Å². The molecule has 0 fully saturated rings. The number of nitrogens with two attached hydrogens (primary N) is 1. The molecule has 0 heterocycles. The summed E-state index contributed by atoms with van der Waals surface area (Å²) >= 11 is 0. The minimum absolute atomic E-state index is 0.0498. The lowest BCUT2D eigenvalue weighted by molar-refractivity contribution is -0.126. The summed E-state index contributed by atoms with van der Waals surface area (Å²) in [6, 6.07) is 0. The largest absolute Gasteiger partial charge is 0.369 e. The summed E-state index contributed by atoms with van der Waals surface area (Å²) < 4.78 is 0. The van der Waals surface area contributed by atoms with Gasteiger partial charge in [-0.1, -0.05) is 13.8 Å². The monoisotopic (exact) mass is 157 g/mol. The average molecular weight is 157 g/mol. The zero-order chi connectivity index (χ0) is 8.85. The molecule has 0 saturated carbocycles. The molecule has 0 unspecified atom stereocenters. The first kappa shape index (κ1) is 10.1. The van der Waals surface area contributed by atoms with E-state index in [0.29, 0.717) is 12.3 Å². The van der Waals surface area contributed by atoms with Crippen LogP contribution >= 0.6 is 0 Å². The van der Waals surface area contributed by atoms with Crippen LogP contribution in [0.15, 0.2) is 0 Å². The fraction of sp³-hybridized carbons (Fsp3) is 0.750. The van der Waals surface area contributed by atoms with Gasteiger partial charge in [-0.25, -0.2) is 0 Å². The summed E-state index contributed by atoms with van der Waals surface area (Å²) in [6.45, 7) is 4.08. The predicted octanol–water partition coefficient (Wildman–Crippen LogP) is 0.867. The van der Waals surface area contributed by atoms with Gasteiger partial charge in [0.1, 0.15) is 5.78 Å². The molecular formula is C8H15NO2. The van der Waals surface area contributed by atoms with Crippen molar-refractivity contribution in [1.29, 1.82) is 0 Å². The van der Waals surface area contributed by atoms with Crippen LogP contribution in [0.4, 0.5) is 0 Å². The van der Waals surface area contributed by atoms with Crippen molar-refractivity contribution in [3.8, 4) is 0 Å². The Balaban J connectivity index is 3.46. The van der Waals surface area contributed by atoms with Crippen molar-refractivity contribution in [1.82, 2.24) is 0 Å². The number of Topliss-reactive ketones (excluding diaryl/α,β-unsaturated/α-hetero) is 1. The van der Waals surface area contributed by atoms with E-state index in [1.165, 1.54) is 0 Å². The molecule has 64 valence electrons. The molecule has 0 aromatic carbocycles. The topological polar surface area (TPSA) is 60.2 Å². The van der Waals surface area contributed by atoms with Gasteiger partial charge in [-0.05, 0) is 12.3 Å². The van der Waals surface area contributed by atoms with Crippen LogP contribution in [0.5, 0.6) is 0 Å². The molecule has 2 N–H and O–H groups in total. The molecule has 0 aromatic heterocycles. The predicted molar refractivity (Wildman–Crippen MR) is 42.9 cm³/mol. The lowest BCUT2D eigenvalue weighted by Crippen LogP contribution is -2.16. The average Bonchev–Trinajstić information content (AvgIpc) is 1.82. The number of amides is 1. The lowest BCUT2D eigenvalue weighted by Gasteiger charge is -2.01. The number of hydrogen-bond acceptors (Lipinski definition) is 2. The molecule has 0 bridgehead atoms. The first-order chi connectivity index (χ1) is 5.02. The van der Waals surface area contributed by atoms with Gasteiger partial charge in [-0.2, -0.15) is 0 Å². The number of carbonyl (C=O) groups is 2. The van der Waals surface area contributed by atoms with Crippen molar-refractivity contribution in [2.75, 3.05) is 0 Å². The quantitative estimate of drug-likeness (QED) is 0.602. The van der Waals surface area contributed by atoms with E-state index in [1.807, 2.05) is 13.8 Å². The van der Waals surface area contributed by atoms with E-state index in [1.54, 1.807) is 0 Å². The van der Waals surface area contributed by atoms with Gasteiger partial charge in [0.05, 0.1) is 6.42 Å². The number of rotatable bonds is 5. The molecule has 0 spiro atoms. The highest BCUT2D eigenvalue weighted by atomic mass is 16.2. The Kier molecular flexibility index (Phi) is 4.50. The summed E-state index contributed by atoms with van der Waals surface area (Å²) in [5, 5.41) is 0. The van der Waals surface area contributed by atoms with Crippen LogP contribution in [0.25, 0.3) is 0 Å². The molecule has 1 amide bonds. The van der Waals surface area contributed by atoms with Crippen molar-refractivity contribution in [2.45, 2.75) is 33.1 Å². The van der Waals surface area contributed by atoms with Crippen LogP contribution in [0.3, 0.4) is 0 Å². The van der Waals surface area contributed by atoms with Gasteiger partial charge in [0.15, 0.2) is 0 Å². The van der Waals surface area contributed by atoms with Gasteiger partial charge in [0.25, 0.3) is 0 Å². The van der Waals surface area contributed by atoms with Crippen LogP contribution in [-0.4, -0.2) is 11.7 Å². The number of hydrogen-bond donors (Lipinski definition) is 1. The highest BCUT2D eigenvalue weighted by Gasteiger charge is 2.06. The lowest BCUT2D eigenvalue weighted by atomic mass is 10.0. The van der Waals surface area contributed by atoms with E-state index in [-0.39, 0.29) is 12.2 Å². The molecule has 3 nitrogen and oxygen atoms in total. The molecule has 0 radical (unpaired) electrons. The Morgan fingerprint density at radius 1 is 1.36 bits per heavy atom. The normalized spacial score (nSPS) is 10.1. The maximum absolute atomic E-state index is 10.9. The molecule has 0 atom stereocenters.